The van der Waals surface area contributed by atoms with E-state index in [9.17, 15) is 0 Å². The minimum atomic E-state index is -0.235. The maximum atomic E-state index is 6.13. The first-order valence-electron chi connectivity index (χ1n) is 7.01. The molecule has 1 unspecified atom stereocenters. The molecule has 3 heteroatoms. The van der Waals surface area contributed by atoms with Crippen molar-refractivity contribution in [3.05, 3.63) is 0 Å². The summed E-state index contributed by atoms with van der Waals surface area (Å²) in [7, 11) is 6.13. The molecule has 0 bridgehead atoms. The van der Waals surface area contributed by atoms with Gasteiger partial charge < -0.3 is 9.47 Å². The molecule has 2 fully saturated rings. The van der Waals surface area contributed by atoms with E-state index < -0.39 is 0 Å². The molecule has 0 saturated carbocycles. The summed E-state index contributed by atoms with van der Waals surface area (Å²) in [5, 5.41) is 0. The fourth-order valence-electron chi connectivity index (χ4n) is 3.71. The predicted octanol–water partition coefficient (Wildman–Crippen LogP) is 2.75. The van der Waals surface area contributed by atoms with Crippen LogP contribution in [0.5, 0.6) is 0 Å². The first kappa shape index (κ1) is 13.4. The molecule has 0 aromatic rings. The Labute approximate surface area is 107 Å². The minimum Gasteiger partial charge on any atom is -0.381 e. The highest BCUT2D eigenvalue weighted by Crippen LogP contribution is 2.52. The molecule has 96 valence electrons. The lowest BCUT2D eigenvalue weighted by atomic mass is 9.62. The third kappa shape index (κ3) is 2.17. The molecule has 0 spiro atoms. The number of ether oxygens (including phenoxy) is 2. The second kappa shape index (κ2) is 4.93. The third-order valence-corrected chi connectivity index (χ3v) is 4.56. The molecule has 2 nitrogen and oxygen atoms in total. The zero-order chi connectivity index (χ0) is 12.6. The molecule has 2 aliphatic heterocycles. The summed E-state index contributed by atoms with van der Waals surface area (Å²) in [6.45, 7) is 9.91. The number of fused-ring (bicyclic) bond motifs is 1. The van der Waals surface area contributed by atoms with Gasteiger partial charge in [-0.3, -0.25) is 0 Å². The smallest absolute Gasteiger partial charge is 0.112 e. The van der Waals surface area contributed by atoms with Gasteiger partial charge in [0.1, 0.15) is 7.85 Å². The van der Waals surface area contributed by atoms with Crippen molar-refractivity contribution in [2.24, 2.45) is 17.3 Å². The van der Waals surface area contributed by atoms with E-state index in [0.29, 0.717) is 11.8 Å². The van der Waals surface area contributed by atoms with Gasteiger partial charge in [-0.15, -0.1) is 0 Å². The van der Waals surface area contributed by atoms with E-state index in [0.717, 1.165) is 19.4 Å². The zero-order valence-electron chi connectivity index (χ0n) is 11.6. The minimum absolute atomic E-state index is 0.0972. The quantitative estimate of drug-likeness (QED) is 0.701. The Morgan fingerprint density at radius 1 is 1.29 bits per heavy atom. The lowest BCUT2D eigenvalue weighted by Crippen LogP contribution is -2.50. The Balaban J connectivity index is 2.26. The molecule has 2 radical (unpaired) electrons. The summed E-state index contributed by atoms with van der Waals surface area (Å²) in [6.07, 6.45) is 3.79. The number of hydrogen-bond donors (Lipinski definition) is 0. The van der Waals surface area contributed by atoms with Crippen LogP contribution in [0.25, 0.3) is 0 Å². The molecule has 0 amide bonds. The van der Waals surface area contributed by atoms with Crippen molar-refractivity contribution < 1.29 is 9.47 Å². The second-order valence-electron chi connectivity index (χ2n) is 6.38. The molecule has 0 aromatic carbocycles. The Morgan fingerprint density at radius 2 is 2.00 bits per heavy atom. The lowest BCUT2D eigenvalue weighted by Gasteiger charge is -2.45. The monoisotopic (exact) mass is 236 g/mol. The van der Waals surface area contributed by atoms with Crippen LogP contribution in [0.15, 0.2) is 0 Å². The van der Waals surface area contributed by atoms with Crippen LogP contribution in [0.4, 0.5) is 0 Å². The molecule has 17 heavy (non-hydrogen) atoms. The van der Waals surface area contributed by atoms with Gasteiger partial charge in [-0.25, -0.2) is 0 Å². The number of hydrogen-bond acceptors (Lipinski definition) is 2. The van der Waals surface area contributed by atoms with Crippen LogP contribution >= 0.6 is 0 Å². The van der Waals surface area contributed by atoms with Crippen LogP contribution < -0.4 is 0 Å². The predicted molar refractivity (Wildman–Crippen MR) is 70.1 cm³/mol. The Kier molecular flexibility index (Phi) is 3.89. The first-order valence-corrected chi connectivity index (χ1v) is 7.01. The standard InChI is InChI=1S/C14H25BO2/c1-9(2)8-11-14(10(3)4)6-5-7-16-12(14)13(15)17-11/h9-13H,5-8H2,1-4H3/t11-,12+,13-,14?/m1/s1. The van der Waals surface area contributed by atoms with Gasteiger partial charge in [-0.05, 0) is 31.1 Å². The molecule has 0 N–H and O–H groups in total. The Morgan fingerprint density at radius 3 is 2.59 bits per heavy atom. The summed E-state index contributed by atoms with van der Waals surface area (Å²) >= 11 is 0. The van der Waals surface area contributed by atoms with Crippen molar-refractivity contribution in [1.29, 1.82) is 0 Å². The van der Waals surface area contributed by atoms with E-state index >= 15 is 0 Å². The highest BCUT2D eigenvalue weighted by molar-refractivity contribution is 6.11. The van der Waals surface area contributed by atoms with Crippen LogP contribution in [0.3, 0.4) is 0 Å². The van der Waals surface area contributed by atoms with Crippen LogP contribution in [0.1, 0.15) is 47.0 Å². The highest BCUT2D eigenvalue weighted by Gasteiger charge is 2.57. The maximum Gasteiger partial charge on any atom is 0.112 e. The fourth-order valence-corrected chi connectivity index (χ4v) is 3.71. The first-order chi connectivity index (χ1) is 7.98. The molecule has 2 heterocycles. The van der Waals surface area contributed by atoms with Crippen molar-refractivity contribution in [1.82, 2.24) is 0 Å². The van der Waals surface area contributed by atoms with Gasteiger partial charge >= 0.3 is 0 Å². The van der Waals surface area contributed by atoms with E-state index in [1.165, 1.54) is 6.42 Å². The van der Waals surface area contributed by atoms with Crippen LogP contribution in [0.2, 0.25) is 0 Å². The van der Waals surface area contributed by atoms with Gasteiger partial charge in [0.15, 0.2) is 0 Å². The Bertz CT molecular complexity index is 267. The van der Waals surface area contributed by atoms with Crippen LogP contribution in [0, 0.1) is 17.3 Å². The van der Waals surface area contributed by atoms with Crippen molar-refractivity contribution in [2.45, 2.75) is 65.2 Å². The largest absolute Gasteiger partial charge is 0.381 e. The molecular formula is C14H25BO2. The average molecular weight is 236 g/mol. The molecule has 4 atom stereocenters. The summed E-state index contributed by atoms with van der Waals surface area (Å²) in [5.41, 5.74) is 0.141. The van der Waals surface area contributed by atoms with E-state index in [1.54, 1.807) is 0 Å². The van der Waals surface area contributed by atoms with Crippen LogP contribution in [-0.4, -0.2) is 32.7 Å². The van der Waals surface area contributed by atoms with Gasteiger partial charge in [0.05, 0.1) is 12.2 Å². The molecule has 2 aliphatic rings. The number of rotatable bonds is 3. The lowest BCUT2D eigenvalue weighted by molar-refractivity contribution is -0.0961. The third-order valence-electron chi connectivity index (χ3n) is 4.56. The molecule has 0 aromatic heterocycles. The van der Waals surface area contributed by atoms with Gasteiger partial charge in [0.2, 0.25) is 0 Å². The summed E-state index contributed by atoms with van der Waals surface area (Å²) in [5.74, 6) is 1.20. The SMILES string of the molecule is [B][C@@H]1O[C@H](CC(C)C)C2(C(C)C)CCCO[C@@H]12. The average Bonchev–Trinajstić information content (AvgIpc) is 2.53. The van der Waals surface area contributed by atoms with Gasteiger partial charge in [-0.2, -0.15) is 0 Å². The van der Waals surface area contributed by atoms with Crippen molar-refractivity contribution >= 4 is 7.85 Å². The van der Waals surface area contributed by atoms with Gasteiger partial charge in [0, 0.05) is 18.0 Å². The van der Waals surface area contributed by atoms with E-state index in [-0.39, 0.29) is 23.6 Å². The van der Waals surface area contributed by atoms with Crippen molar-refractivity contribution in [3.63, 3.8) is 0 Å². The summed E-state index contributed by atoms with van der Waals surface area (Å²) in [6, 6.07) is -0.235. The van der Waals surface area contributed by atoms with E-state index in [4.69, 9.17) is 17.3 Å². The normalized spacial score (nSPS) is 42.1. The summed E-state index contributed by atoms with van der Waals surface area (Å²) in [4.78, 5) is 0. The fraction of sp³-hybridized carbons (Fsp3) is 1.00. The molecule has 2 rings (SSSR count). The van der Waals surface area contributed by atoms with E-state index in [2.05, 4.69) is 27.7 Å². The summed E-state index contributed by atoms with van der Waals surface area (Å²) < 4.78 is 12.0. The molecular weight excluding hydrogens is 211 g/mol. The second-order valence-corrected chi connectivity index (χ2v) is 6.38. The highest BCUT2D eigenvalue weighted by atomic mass is 16.6. The van der Waals surface area contributed by atoms with E-state index in [1.807, 2.05) is 0 Å². The van der Waals surface area contributed by atoms with Crippen LogP contribution in [-0.2, 0) is 9.47 Å². The van der Waals surface area contributed by atoms with Gasteiger partial charge in [-0.1, -0.05) is 27.7 Å². The molecule has 0 aliphatic carbocycles. The van der Waals surface area contributed by atoms with Crippen molar-refractivity contribution in [2.75, 3.05) is 6.61 Å². The zero-order valence-corrected chi connectivity index (χ0v) is 11.6. The Hall–Kier alpha value is -0.0151. The van der Waals surface area contributed by atoms with Crippen molar-refractivity contribution in [3.8, 4) is 0 Å². The molecule has 2 saturated heterocycles. The topological polar surface area (TPSA) is 18.5 Å². The maximum absolute atomic E-state index is 6.13. The van der Waals surface area contributed by atoms with Gasteiger partial charge in [0.25, 0.3) is 0 Å².